The van der Waals surface area contributed by atoms with Crippen LogP contribution in [-0.4, -0.2) is 72.2 Å². The molecule has 2 atom stereocenters. The first-order chi connectivity index (χ1) is 17.5. The van der Waals surface area contributed by atoms with Crippen molar-refractivity contribution < 1.29 is 41.7 Å². The van der Waals surface area contributed by atoms with Crippen LogP contribution in [-0.2, 0) is 25.2 Å². The molecule has 2 aliphatic heterocycles. The Bertz CT molecular complexity index is 1280. The van der Waals surface area contributed by atoms with Crippen LogP contribution in [0.5, 0.6) is 0 Å². The second-order valence-electron chi connectivity index (χ2n) is 7.99. The standard InChI is InChI=1S/C22H19ClF4N4O5S/c1-35-21(34)16-13(7-31-4-5-36-8-14(31)20(32)33)28-18(19-29-15(9-37-19)22(25,26)27)30-17(16)11-3-2-10(24)6-12(11)23/h2-3,6,9,14,17H,4-5,7-8H2,1H3,(H,28,30)(H,32,33). The second-order valence-corrected chi connectivity index (χ2v) is 9.26. The highest BCUT2D eigenvalue weighted by atomic mass is 35.5. The number of carboxylic acid groups (broad SMARTS) is 1. The number of hydrogen-bond acceptors (Lipinski definition) is 9. The Labute approximate surface area is 216 Å². The maximum absolute atomic E-state index is 13.8. The molecule has 1 saturated heterocycles. The van der Waals surface area contributed by atoms with Gasteiger partial charge in [-0.05, 0) is 12.1 Å². The molecule has 1 aromatic carbocycles. The molecule has 198 valence electrons. The highest BCUT2D eigenvalue weighted by molar-refractivity contribution is 7.11. The van der Waals surface area contributed by atoms with Crippen molar-refractivity contribution in [3.8, 4) is 0 Å². The Morgan fingerprint density at radius 2 is 2.14 bits per heavy atom. The normalized spacial score (nSPS) is 20.9. The van der Waals surface area contributed by atoms with E-state index >= 15 is 0 Å². The molecule has 0 aliphatic carbocycles. The number of esters is 1. The maximum Gasteiger partial charge on any atom is 0.434 e. The Morgan fingerprint density at radius 3 is 2.76 bits per heavy atom. The van der Waals surface area contributed by atoms with Gasteiger partial charge in [0.05, 0.1) is 25.9 Å². The van der Waals surface area contributed by atoms with E-state index in [1.54, 1.807) is 0 Å². The van der Waals surface area contributed by atoms with E-state index in [-0.39, 0.29) is 59.0 Å². The Balaban J connectivity index is 1.84. The summed E-state index contributed by atoms with van der Waals surface area (Å²) in [5, 5.41) is 13.1. The number of thiazole rings is 1. The van der Waals surface area contributed by atoms with E-state index < -0.39 is 41.7 Å². The first-order valence-electron chi connectivity index (χ1n) is 10.7. The fourth-order valence-electron chi connectivity index (χ4n) is 3.90. The molecule has 1 fully saturated rings. The molecule has 9 nitrogen and oxygen atoms in total. The smallest absolute Gasteiger partial charge is 0.434 e. The molecule has 4 rings (SSSR count). The number of nitrogens with one attached hydrogen (secondary N) is 1. The fraction of sp³-hybridized carbons (Fsp3) is 0.364. The first kappa shape index (κ1) is 27.0. The van der Waals surface area contributed by atoms with Gasteiger partial charge in [0.25, 0.3) is 0 Å². The predicted molar refractivity (Wildman–Crippen MR) is 124 cm³/mol. The van der Waals surface area contributed by atoms with Crippen molar-refractivity contribution >= 4 is 40.7 Å². The number of hydrogen-bond donors (Lipinski definition) is 2. The number of methoxy groups -OCH3 is 1. The summed E-state index contributed by atoms with van der Waals surface area (Å²) in [4.78, 5) is 34.3. The number of aliphatic carboxylic acids is 1. The van der Waals surface area contributed by atoms with Crippen LogP contribution < -0.4 is 5.32 Å². The van der Waals surface area contributed by atoms with Crippen molar-refractivity contribution in [2.24, 2.45) is 4.99 Å². The average Bonchev–Trinajstić information content (AvgIpc) is 3.35. The minimum atomic E-state index is -4.69. The van der Waals surface area contributed by atoms with Gasteiger partial charge in [-0.15, -0.1) is 11.3 Å². The summed E-state index contributed by atoms with van der Waals surface area (Å²) in [5.41, 5.74) is -0.886. The summed E-state index contributed by atoms with van der Waals surface area (Å²) in [6.45, 7) is 0.170. The van der Waals surface area contributed by atoms with Gasteiger partial charge in [-0.25, -0.2) is 14.2 Å². The quantitative estimate of drug-likeness (QED) is 0.407. The molecule has 2 unspecified atom stereocenters. The Morgan fingerprint density at radius 1 is 1.38 bits per heavy atom. The zero-order valence-corrected chi connectivity index (χ0v) is 20.6. The number of morpholine rings is 1. The molecular weight excluding hydrogens is 544 g/mol. The van der Waals surface area contributed by atoms with Gasteiger partial charge in [-0.2, -0.15) is 13.2 Å². The fourth-order valence-corrected chi connectivity index (χ4v) is 4.94. The highest BCUT2D eigenvalue weighted by Gasteiger charge is 2.38. The van der Waals surface area contributed by atoms with E-state index in [1.165, 1.54) is 11.0 Å². The minimum Gasteiger partial charge on any atom is -0.480 e. The van der Waals surface area contributed by atoms with Gasteiger partial charge >= 0.3 is 18.1 Å². The van der Waals surface area contributed by atoms with Gasteiger partial charge < -0.3 is 19.9 Å². The number of aliphatic imine (C=N–C) groups is 1. The number of amidine groups is 1. The van der Waals surface area contributed by atoms with Crippen LogP contribution in [0.3, 0.4) is 0 Å². The third kappa shape index (κ3) is 5.76. The zero-order valence-electron chi connectivity index (χ0n) is 19.0. The van der Waals surface area contributed by atoms with Crippen LogP contribution in [0.15, 0.2) is 39.8 Å². The number of benzene rings is 1. The van der Waals surface area contributed by atoms with Crippen molar-refractivity contribution in [3.05, 3.63) is 62.0 Å². The molecule has 37 heavy (non-hydrogen) atoms. The summed E-state index contributed by atoms with van der Waals surface area (Å²) in [6.07, 6.45) is -4.69. The predicted octanol–water partition coefficient (Wildman–Crippen LogP) is 3.26. The van der Waals surface area contributed by atoms with E-state index in [2.05, 4.69) is 15.3 Å². The summed E-state index contributed by atoms with van der Waals surface area (Å²) >= 11 is 6.94. The second kappa shape index (κ2) is 10.7. The topological polar surface area (TPSA) is 113 Å². The molecule has 2 aromatic rings. The lowest BCUT2D eigenvalue weighted by molar-refractivity contribution is -0.149. The molecule has 0 amide bonds. The van der Waals surface area contributed by atoms with E-state index in [9.17, 15) is 32.3 Å². The van der Waals surface area contributed by atoms with Gasteiger partial charge in [-0.3, -0.25) is 14.7 Å². The van der Waals surface area contributed by atoms with Crippen molar-refractivity contribution in [2.75, 3.05) is 33.4 Å². The molecule has 1 aromatic heterocycles. The van der Waals surface area contributed by atoms with Gasteiger partial charge in [0.15, 0.2) is 16.5 Å². The summed E-state index contributed by atoms with van der Waals surface area (Å²) in [7, 11) is 1.13. The number of ether oxygens (including phenoxy) is 2. The number of carbonyl (C=O) groups excluding carboxylic acids is 1. The number of aromatic nitrogens is 1. The van der Waals surface area contributed by atoms with E-state index in [0.29, 0.717) is 11.3 Å². The van der Waals surface area contributed by atoms with Crippen molar-refractivity contribution in [2.45, 2.75) is 18.3 Å². The monoisotopic (exact) mass is 562 g/mol. The third-order valence-electron chi connectivity index (χ3n) is 5.67. The van der Waals surface area contributed by atoms with Crippen molar-refractivity contribution in [3.63, 3.8) is 0 Å². The van der Waals surface area contributed by atoms with Crippen LogP contribution in [0.1, 0.15) is 22.3 Å². The van der Waals surface area contributed by atoms with Gasteiger partial charge in [0.1, 0.15) is 17.9 Å². The molecule has 2 N–H and O–H groups in total. The van der Waals surface area contributed by atoms with Crippen molar-refractivity contribution in [1.29, 1.82) is 0 Å². The van der Waals surface area contributed by atoms with Crippen LogP contribution in [0.25, 0.3) is 0 Å². The summed E-state index contributed by atoms with van der Waals surface area (Å²) in [6, 6.07) is 1.15. The largest absolute Gasteiger partial charge is 0.480 e. The minimum absolute atomic E-state index is 0.0667. The van der Waals surface area contributed by atoms with Crippen LogP contribution in [0.2, 0.25) is 5.02 Å². The SMILES string of the molecule is COC(=O)C1=C(CN2CCOCC2C(=O)O)NC(c2nc(C(F)(F)F)cs2)=NC1c1ccc(F)cc1Cl. The van der Waals surface area contributed by atoms with E-state index in [0.717, 1.165) is 24.6 Å². The molecular formula is C22H19ClF4N4O5S. The van der Waals surface area contributed by atoms with E-state index in [4.69, 9.17) is 21.1 Å². The third-order valence-corrected chi connectivity index (χ3v) is 6.85. The number of carbonyl (C=O) groups is 2. The van der Waals surface area contributed by atoms with Gasteiger partial charge in [0.2, 0.25) is 0 Å². The molecule has 0 bridgehead atoms. The molecule has 0 radical (unpaired) electrons. The molecule has 15 heteroatoms. The number of nitrogens with zero attached hydrogens (tertiary/aromatic N) is 3. The number of rotatable bonds is 6. The summed E-state index contributed by atoms with van der Waals surface area (Å²) in [5.74, 6) is -2.75. The number of halogens is 5. The van der Waals surface area contributed by atoms with Gasteiger partial charge in [-0.1, -0.05) is 17.7 Å². The Kier molecular flexibility index (Phi) is 7.83. The van der Waals surface area contributed by atoms with Crippen molar-refractivity contribution in [1.82, 2.24) is 15.2 Å². The molecule has 0 saturated carbocycles. The van der Waals surface area contributed by atoms with E-state index in [1.807, 2.05) is 0 Å². The summed E-state index contributed by atoms with van der Waals surface area (Å²) < 4.78 is 63.6. The van der Waals surface area contributed by atoms with Crippen LogP contribution in [0, 0.1) is 5.82 Å². The molecule has 3 heterocycles. The lowest BCUT2D eigenvalue weighted by atomic mass is 9.95. The molecule has 0 spiro atoms. The lowest BCUT2D eigenvalue weighted by Gasteiger charge is -2.35. The Hall–Kier alpha value is -3.07. The molecule has 2 aliphatic rings. The first-order valence-corrected chi connectivity index (χ1v) is 11.9. The highest BCUT2D eigenvalue weighted by Crippen LogP contribution is 2.38. The van der Waals surface area contributed by atoms with Crippen LogP contribution >= 0.6 is 22.9 Å². The zero-order chi connectivity index (χ0) is 26.9. The lowest BCUT2D eigenvalue weighted by Crippen LogP contribution is -2.52. The maximum atomic E-state index is 13.8. The van der Waals surface area contributed by atoms with Gasteiger partial charge in [0, 0.05) is 34.8 Å². The average molecular weight is 563 g/mol. The number of carboxylic acids is 1. The number of alkyl halides is 3. The van der Waals surface area contributed by atoms with Crippen LogP contribution in [0.4, 0.5) is 17.6 Å².